The Kier molecular flexibility index (Phi) is 3.58. The molecule has 2 N–H and O–H groups in total. The van der Waals surface area contributed by atoms with E-state index >= 15 is 0 Å². The second-order valence-corrected chi connectivity index (χ2v) is 4.00. The van der Waals surface area contributed by atoms with Gasteiger partial charge in [-0.2, -0.15) is 0 Å². The van der Waals surface area contributed by atoms with Gasteiger partial charge in [0.25, 0.3) is 0 Å². The van der Waals surface area contributed by atoms with Crippen LogP contribution in [0, 0.1) is 0 Å². The van der Waals surface area contributed by atoms with E-state index in [0.717, 1.165) is 0 Å². The van der Waals surface area contributed by atoms with Gasteiger partial charge in [0.15, 0.2) is 0 Å². The van der Waals surface area contributed by atoms with Gasteiger partial charge in [-0.15, -0.1) is 0 Å². The van der Waals surface area contributed by atoms with Crippen LogP contribution in [-0.4, -0.2) is 19.2 Å². The van der Waals surface area contributed by atoms with Crippen molar-refractivity contribution in [3.63, 3.8) is 0 Å². The topological polar surface area (TPSA) is 57.4 Å². The number of nitrogen functional groups attached to an aromatic ring is 1. The van der Waals surface area contributed by atoms with Gasteiger partial charge in [0.2, 0.25) is 0 Å². The van der Waals surface area contributed by atoms with Crippen LogP contribution in [0.15, 0.2) is 30.3 Å². The number of methoxy groups -OCH3 is 2. The third kappa shape index (κ3) is 2.19. The third-order valence-electron chi connectivity index (χ3n) is 2.56. The quantitative estimate of drug-likeness (QED) is 0.866. The largest absolute Gasteiger partial charge is 0.496 e. The van der Waals surface area contributed by atoms with E-state index in [4.69, 9.17) is 26.8 Å². The fourth-order valence-corrected chi connectivity index (χ4v) is 1.88. The fourth-order valence-electron chi connectivity index (χ4n) is 1.73. The van der Waals surface area contributed by atoms with Crippen LogP contribution in [0.2, 0.25) is 5.15 Å². The number of halogens is 1. The van der Waals surface area contributed by atoms with E-state index in [9.17, 15) is 0 Å². The Labute approximate surface area is 110 Å². The monoisotopic (exact) mass is 264 g/mol. The Balaban J connectivity index is 2.72. The summed E-state index contributed by atoms with van der Waals surface area (Å²) in [6, 6.07) is 8.82. The van der Waals surface area contributed by atoms with E-state index < -0.39 is 0 Å². The van der Waals surface area contributed by atoms with Crippen LogP contribution in [0.5, 0.6) is 11.5 Å². The van der Waals surface area contributed by atoms with Gasteiger partial charge in [-0.3, -0.25) is 0 Å². The van der Waals surface area contributed by atoms with Crippen molar-refractivity contribution in [1.82, 2.24) is 4.98 Å². The molecule has 0 saturated heterocycles. The number of benzene rings is 1. The smallest absolute Gasteiger partial charge is 0.132 e. The fraction of sp³-hybridized carbons (Fsp3) is 0.154. The number of nitrogens with zero attached hydrogens (tertiary/aromatic N) is 1. The molecule has 0 aliphatic heterocycles. The minimum absolute atomic E-state index is 0.368. The van der Waals surface area contributed by atoms with Crippen molar-refractivity contribution >= 4 is 17.3 Å². The first-order valence-electron chi connectivity index (χ1n) is 5.30. The van der Waals surface area contributed by atoms with Crippen molar-refractivity contribution in [2.24, 2.45) is 0 Å². The molecule has 0 saturated carbocycles. The molecule has 0 bridgehead atoms. The summed E-state index contributed by atoms with van der Waals surface area (Å²) in [6.07, 6.45) is 0. The summed E-state index contributed by atoms with van der Waals surface area (Å²) < 4.78 is 10.6. The molecule has 0 unspecified atom stereocenters. The third-order valence-corrected chi connectivity index (χ3v) is 2.77. The van der Waals surface area contributed by atoms with Crippen LogP contribution >= 0.6 is 11.6 Å². The number of hydrogen-bond acceptors (Lipinski definition) is 4. The molecule has 2 rings (SSSR count). The van der Waals surface area contributed by atoms with Gasteiger partial charge in [0.05, 0.1) is 25.5 Å². The zero-order valence-electron chi connectivity index (χ0n) is 10.1. The molecule has 0 atom stereocenters. The van der Waals surface area contributed by atoms with Crippen molar-refractivity contribution in [3.05, 3.63) is 35.5 Å². The van der Waals surface area contributed by atoms with Crippen LogP contribution in [0.3, 0.4) is 0 Å². The summed E-state index contributed by atoms with van der Waals surface area (Å²) in [4.78, 5) is 4.24. The van der Waals surface area contributed by atoms with Crippen LogP contribution in [0.4, 0.5) is 5.69 Å². The van der Waals surface area contributed by atoms with Crippen molar-refractivity contribution < 1.29 is 9.47 Å². The Morgan fingerprint density at radius 1 is 1.06 bits per heavy atom. The van der Waals surface area contributed by atoms with Crippen molar-refractivity contribution in [2.45, 2.75) is 0 Å². The summed E-state index contributed by atoms with van der Waals surface area (Å²) in [7, 11) is 3.16. The van der Waals surface area contributed by atoms with Crippen LogP contribution in [0.1, 0.15) is 0 Å². The normalized spacial score (nSPS) is 10.2. The molecule has 94 valence electrons. The molecule has 0 radical (unpaired) electrons. The number of rotatable bonds is 3. The SMILES string of the molecule is COc1cccc(OC)c1-c1nc(Cl)ccc1N. The standard InChI is InChI=1S/C13H13ClN2O2/c1-17-9-4-3-5-10(18-2)12(9)13-8(15)6-7-11(14)16-13/h3-7H,15H2,1-2H3. The summed E-state index contributed by atoms with van der Waals surface area (Å²) in [5.41, 5.74) is 7.70. The number of pyridine rings is 1. The molecular weight excluding hydrogens is 252 g/mol. The van der Waals surface area contributed by atoms with Crippen molar-refractivity contribution in [2.75, 3.05) is 20.0 Å². The zero-order chi connectivity index (χ0) is 13.1. The Hall–Kier alpha value is -1.94. The maximum Gasteiger partial charge on any atom is 0.132 e. The highest BCUT2D eigenvalue weighted by molar-refractivity contribution is 6.29. The highest BCUT2D eigenvalue weighted by atomic mass is 35.5. The molecule has 18 heavy (non-hydrogen) atoms. The van der Waals surface area contributed by atoms with E-state index in [1.807, 2.05) is 18.2 Å². The predicted molar refractivity (Wildman–Crippen MR) is 72.2 cm³/mol. The van der Waals surface area contributed by atoms with Gasteiger partial charge in [-0.1, -0.05) is 17.7 Å². The molecule has 1 heterocycles. The molecule has 0 aliphatic carbocycles. The van der Waals surface area contributed by atoms with Crippen LogP contribution in [0.25, 0.3) is 11.3 Å². The summed E-state index contributed by atoms with van der Waals surface area (Å²) in [5, 5.41) is 0.368. The summed E-state index contributed by atoms with van der Waals surface area (Å²) in [5.74, 6) is 1.27. The van der Waals surface area contributed by atoms with Gasteiger partial charge in [0.1, 0.15) is 22.3 Å². The molecule has 2 aromatic rings. The Bertz CT molecular complexity index is 551. The first kappa shape index (κ1) is 12.5. The second-order valence-electron chi connectivity index (χ2n) is 3.61. The molecule has 1 aromatic carbocycles. The molecule has 5 heteroatoms. The summed E-state index contributed by atoms with van der Waals surface area (Å²) >= 11 is 5.91. The maximum atomic E-state index is 5.94. The summed E-state index contributed by atoms with van der Waals surface area (Å²) in [6.45, 7) is 0. The lowest BCUT2D eigenvalue weighted by atomic mass is 10.1. The molecule has 0 amide bonds. The molecule has 0 fully saturated rings. The number of anilines is 1. The molecule has 0 spiro atoms. The zero-order valence-corrected chi connectivity index (χ0v) is 10.9. The van der Waals surface area contributed by atoms with Crippen molar-refractivity contribution in [1.29, 1.82) is 0 Å². The lowest BCUT2D eigenvalue weighted by molar-refractivity contribution is 0.397. The Morgan fingerprint density at radius 2 is 1.67 bits per heavy atom. The number of hydrogen-bond donors (Lipinski definition) is 1. The first-order chi connectivity index (χ1) is 8.67. The molecule has 4 nitrogen and oxygen atoms in total. The van der Waals surface area contributed by atoms with Gasteiger partial charge in [-0.05, 0) is 24.3 Å². The highest BCUT2D eigenvalue weighted by Gasteiger charge is 2.16. The number of nitrogens with two attached hydrogens (primary N) is 1. The maximum absolute atomic E-state index is 5.94. The number of aromatic nitrogens is 1. The first-order valence-corrected chi connectivity index (χ1v) is 5.68. The van der Waals surface area contributed by atoms with E-state index in [1.165, 1.54) is 0 Å². The van der Waals surface area contributed by atoms with Gasteiger partial charge in [-0.25, -0.2) is 4.98 Å². The predicted octanol–water partition coefficient (Wildman–Crippen LogP) is 3.00. The number of ether oxygens (including phenoxy) is 2. The molecular formula is C13H13ClN2O2. The van der Waals surface area contributed by atoms with Crippen molar-refractivity contribution in [3.8, 4) is 22.8 Å². The van der Waals surface area contributed by atoms with Gasteiger partial charge < -0.3 is 15.2 Å². The van der Waals surface area contributed by atoms with E-state index in [1.54, 1.807) is 26.4 Å². The minimum Gasteiger partial charge on any atom is -0.496 e. The highest BCUT2D eigenvalue weighted by Crippen LogP contribution is 2.40. The second kappa shape index (κ2) is 5.14. The van der Waals surface area contributed by atoms with E-state index in [-0.39, 0.29) is 0 Å². The van der Waals surface area contributed by atoms with Crippen LogP contribution in [-0.2, 0) is 0 Å². The van der Waals surface area contributed by atoms with Gasteiger partial charge in [0, 0.05) is 0 Å². The average molecular weight is 265 g/mol. The van der Waals surface area contributed by atoms with Gasteiger partial charge >= 0.3 is 0 Å². The van der Waals surface area contributed by atoms with Crippen LogP contribution < -0.4 is 15.2 Å². The van der Waals surface area contributed by atoms with E-state index in [0.29, 0.717) is 33.6 Å². The Morgan fingerprint density at radius 3 is 2.22 bits per heavy atom. The molecule has 1 aromatic heterocycles. The lowest BCUT2D eigenvalue weighted by Gasteiger charge is -2.14. The average Bonchev–Trinajstić information content (AvgIpc) is 2.40. The molecule has 0 aliphatic rings. The minimum atomic E-state index is 0.368. The lowest BCUT2D eigenvalue weighted by Crippen LogP contribution is -1.98. The van der Waals surface area contributed by atoms with E-state index in [2.05, 4.69) is 4.98 Å².